The topological polar surface area (TPSA) is 66.5 Å². The lowest BCUT2D eigenvalue weighted by atomic mass is 9.77. The SMILES string of the molecule is CC1(C)OC[C@H](CN2C(=O)C3(COc4cc5c(cc43)OCCO5)c3ccccc32)O1. The molecule has 0 bridgehead atoms. The molecule has 2 aromatic rings. The summed E-state index contributed by atoms with van der Waals surface area (Å²) in [7, 11) is 0. The lowest BCUT2D eigenvalue weighted by Crippen LogP contribution is -2.45. The third kappa shape index (κ3) is 2.42. The first kappa shape index (κ1) is 18.0. The zero-order valence-electron chi connectivity index (χ0n) is 17.0. The van der Waals surface area contributed by atoms with Crippen molar-refractivity contribution in [3.8, 4) is 17.2 Å². The minimum atomic E-state index is -0.892. The van der Waals surface area contributed by atoms with Crippen molar-refractivity contribution in [2.24, 2.45) is 0 Å². The molecule has 30 heavy (non-hydrogen) atoms. The molecule has 4 aliphatic heterocycles. The van der Waals surface area contributed by atoms with E-state index in [1.807, 2.05) is 55.1 Å². The zero-order valence-corrected chi connectivity index (χ0v) is 17.0. The molecule has 4 aliphatic rings. The van der Waals surface area contributed by atoms with Crippen molar-refractivity contribution < 1.29 is 28.5 Å². The molecular weight excluding hydrogens is 386 g/mol. The molecule has 2 atom stereocenters. The summed E-state index contributed by atoms with van der Waals surface area (Å²) in [5.74, 6) is 1.34. The number of fused-ring (bicyclic) bond motifs is 5. The molecule has 0 N–H and O–H groups in total. The van der Waals surface area contributed by atoms with Gasteiger partial charge in [0, 0.05) is 17.3 Å². The van der Waals surface area contributed by atoms with E-state index < -0.39 is 11.2 Å². The summed E-state index contributed by atoms with van der Waals surface area (Å²) in [6.45, 7) is 5.92. The van der Waals surface area contributed by atoms with Crippen LogP contribution >= 0.6 is 0 Å². The predicted octanol–water partition coefficient (Wildman–Crippen LogP) is 2.63. The van der Waals surface area contributed by atoms with Gasteiger partial charge in [-0.2, -0.15) is 0 Å². The maximum absolute atomic E-state index is 13.9. The van der Waals surface area contributed by atoms with Crippen LogP contribution in [-0.2, 0) is 19.7 Å². The number of hydrogen-bond acceptors (Lipinski definition) is 6. The molecule has 1 fully saturated rings. The molecule has 156 valence electrons. The number of rotatable bonds is 2. The van der Waals surface area contributed by atoms with Gasteiger partial charge in [0.25, 0.3) is 0 Å². The molecule has 6 rings (SSSR count). The quantitative estimate of drug-likeness (QED) is 0.760. The molecule has 1 saturated heterocycles. The molecule has 2 aromatic carbocycles. The molecule has 0 saturated carbocycles. The van der Waals surface area contributed by atoms with Crippen LogP contribution in [0.4, 0.5) is 5.69 Å². The van der Waals surface area contributed by atoms with Gasteiger partial charge < -0.3 is 28.6 Å². The van der Waals surface area contributed by atoms with Gasteiger partial charge in [-0.3, -0.25) is 4.79 Å². The van der Waals surface area contributed by atoms with Crippen molar-refractivity contribution in [3.05, 3.63) is 47.5 Å². The number of amides is 1. The Morgan fingerprint density at radius 3 is 2.53 bits per heavy atom. The van der Waals surface area contributed by atoms with E-state index in [-0.39, 0.29) is 18.6 Å². The molecule has 7 nitrogen and oxygen atoms in total. The van der Waals surface area contributed by atoms with E-state index in [9.17, 15) is 4.79 Å². The summed E-state index contributed by atoms with van der Waals surface area (Å²) in [4.78, 5) is 15.8. The summed E-state index contributed by atoms with van der Waals surface area (Å²) in [5, 5.41) is 0. The fraction of sp³-hybridized carbons (Fsp3) is 0.435. The Morgan fingerprint density at radius 1 is 1.00 bits per heavy atom. The maximum Gasteiger partial charge on any atom is 0.245 e. The molecule has 4 heterocycles. The van der Waals surface area contributed by atoms with Gasteiger partial charge in [0.2, 0.25) is 5.91 Å². The Morgan fingerprint density at radius 2 is 1.77 bits per heavy atom. The summed E-state index contributed by atoms with van der Waals surface area (Å²) in [6, 6.07) is 11.7. The van der Waals surface area contributed by atoms with Gasteiger partial charge in [-0.1, -0.05) is 18.2 Å². The maximum atomic E-state index is 13.9. The van der Waals surface area contributed by atoms with E-state index in [0.29, 0.717) is 43.6 Å². The first-order valence-electron chi connectivity index (χ1n) is 10.3. The minimum absolute atomic E-state index is 0.00701. The highest BCUT2D eigenvalue weighted by Gasteiger charge is 2.57. The minimum Gasteiger partial charge on any atom is -0.491 e. The van der Waals surface area contributed by atoms with Crippen LogP contribution < -0.4 is 19.1 Å². The zero-order chi connectivity index (χ0) is 20.5. The number of hydrogen-bond donors (Lipinski definition) is 0. The molecular formula is C23H23NO6. The average Bonchev–Trinajstić information content (AvgIpc) is 3.36. The molecule has 0 aromatic heterocycles. The van der Waals surface area contributed by atoms with Gasteiger partial charge in [-0.15, -0.1) is 0 Å². The summed E-state index contributed by atoms with van der Waals surface area (Å²) < 4.78 is 29.2. The Labute approximate surface area is 174 Å². The highest BCUT2D eigenvalue weighted by molar-refractivity contribution is 6.11. The third-order valence-electron chi connectivity index (χ3n) is 6.27. The van der Waals surface area contributed by atoms with Crippen molar-refractivity contribution in [2.45, 2.75) is 31.2 Å². The highest BCUT2D eigenvalue weighted by atomic mass is 16.7. The molecule has 1 spiro atoms. The normalized spacial score (nSPS) is 27.9. The van der Waals surface area contributed by atoms with Crippen LogP contribution in [0.15, 0.2) is 36.4 Å². The van der Waals surface area contributed by atoms with Crippen molar-refractivity contribution in [2.75, 3.05) is 37.9 Å². The van der Waals surface area contributed by atoms with Crippen molar-refractivity contribution >= 4 is 11.6 Å². The lowest BCUT2D eigenvalue weighted by molar-refractivity contribution is -0.138. The second kappa shape index (κ2) is 6.12. The van der Waals surface area contributed by atoms with Crippen LogP contribution in [0.2, 0.25) is 0 Å². The van der Waals surface area contributed by atoms with E-state index in [4.69, 9.17) is 23.7 Å². The molecule has 7 heteroatoms. The van der Waals surface area contributed by atoms with Crippen LogP contribution in [0, 0.1) is 0 Å². The van der Waals surface area contributed by atoms with Gasteiger partial charge in [-0.25, -0.2) is 0 Å². The molecule has 0 radical (unpaired) electrons. The van der Waals surface area contributed by atoms with E-state index in [2.05, 4.69) is 0 Å². The van der Waals surface area contributed by atoms with Crippen molar-refractivity contribution in [1.29, 1.82) is 0 Å². The Balaban J connectivity index is 1.43. The second-order valence-corrected chi connectivity index (χ2v) is 8.57. The fourth-order valence-electron chi connectivity index (χ4n) is 4.95. The lowest BCUT2D eigenvalue weighted by Gasteiger charge is -2.26. The Bertz CT molecular complexity index is 1050. The molecule has 1 unspecified atom stereocenters. The van der Waals surface area contributed by atoms with Crippen LogP contribution in [0.5, 0.6) is 17.2 Å². The van der Waals surface area contributed by atoms with Crippen molar-refractivity contribution in [1.82, 2.24) is 0 Å². The Kier molecular flexibility index (Phi) is 3.68. The number of anilines is 1. The standard InChI is InChI=1S/C23H23NO6/c1-22(2)29-12-14(30-22)11-24-17-6-4-3-5-15(17)23(21(24)25)13-28-18-10-20-19(9-16(18)23)26-7-8-27-20/h3-6,9-10,14H,7-8,11-13H2,1-2H3/t14-,23?/m0/s1. The largest absolute Gasteiger partial charge is 0.491 e. The smallest absolute Gasteiger partial charge is 0.245 e. The van der Waals surface area contributed by atoms with Gasteiger partial charge >= 0.3 is 0 Å². The number of carbonyl (C=O) groups is 1. The fourth-order valence-corrected chi connectivity index (χ4v) is 4.95. The highest BCUT2D eigenvalue weighted by Crippen LogP contribution is 2.54. The Hall–Kier alpha value is -2.77. The summed E-state index contributed by atoms with van der Waals surface area (Å²) in [5.41, 5.74) is 1.78. The summed E-state index contributed by atoms with van der Waals surface area (Å²) in [6.07, 6.45) is -0.186. The van der Waals surface area contributed by atoms with E-state index in [1.165, 1.54) is 0 Å². The number of para-hydroxylation sites is 1. The second-order valence-electron chi connectivity index (χ2n) is 8.57. The van der Waals surface area contributed by atoms with Crippen LogP contribution in [-0.4, -0.2) is 50.8 Å². The number of ether oxygens (including phenoxy) is 5. The summed E-state index contributed by atoms with van der Waals surface area (Å²) >= 11 is 0. The molecule has 1 amide bonds. The van der Waals surface area contributed by atoms with Gasteiger partial charge in [0.1, 0.15) is 37.1 Å². The van der Waals surface area contributed by atoms with E-state index >= 15 is 0 Å². The van der Waals surface area contributed by atoms with Gasteiger partial charge in [-0.05, 0) is 31.5 Å². The number of benzene rings is 2. The number of carbonyl (C=O) groups excluding carboxylic acids is 1. The van der Waals surface area contributed by atoms with Gasteiger partial charge in [0.15, 0.2) is 17.3 Å². The third-order valence-corrected chi connectivity index (χ3v) is 6.27. The van der Waals surface area contributed by atoms with Crippen molar-refractivity contribution in [3.63, 3.8) is 0 Å². The predicted molar refractivity (Wildman–Crippen MR) is 107 cm³/mol. The van der Waals surface area contributed by atoms with E-state index in [0.717, 1.165) is 16.8 Å². The monoisotopic (exact) mass is 409 g/mol. The van der Waals surface area contributed by atoms with Crippen LogP contribution in [0.1, 0.15) is 25.0 Å². The van der Waals surface area contributed by atoms with Gasteiger partial charge in [0.05, 0.1) is 13.2 Å². The molecule has 0 aliphatic carbocycles. The number of nitrogens with zero attached hydrogens (tertiary/aromatic N) is 1. The first-order valence-corrected chi connectivity index (χ1v) is 10.3. The van der Waals surface area contributed by atoms with Crippen LogP contribution in [0.3, 0.4) is 0 Å². The van der Waals surface area contributed by atoms with Crippen LogP contribution in [0.25, 0.3) is 0 Å². The first-order chi connectivity index (χ1) is 14.5. The average molecular weight is 409 g/mol. The van der Waals surface area contributed by atoms with E-state index in [1.54, 1.807) is 0 Å².